The Bertz CT molecular complexity index is 1050. The summed E-state index contributed by atoms with van der Waals surface area (Å²) in [6.45, 7) is 0. The molecule has 0 saturated heterocycles. The van der Waals surface area contributed by atoms with Crippen molar-refractivity contribution in [2.45, 2.75) is 38.5 Å². The number of nitrogens with zero attached hydrogens (tertiary/aromatic N) is 1. The molecule has 0 radical (unpaired) electrons. The molecule has 0 aliphatic heterocycles. The van der Waals surface area contributed by atoms with Crippen LogP contribution in [-0.4, -0.2) is 16.7 Å². The fraction of sp³-hybridized carbons (Fsp3) is 0.368. The second kappa shape index (κ2) is 6.77. The summed E-state index contributed by atoms with van der Waals surface area (Å²) in [6, 6.07) is 7.46. The third-order valence-electron chi connectivity index (χ3n) is 4.82. The van der Waals surface area contributed by atoms with E-state index in [4.69, 9.17) is 17.0 Å². The van der Waals surface area contributed by atoms with Gasteiger partial charge in [-0.1, -0.05) is 18.9 Å². The molecule has 6 heteroatoms. The van der Waals surface area contributed by atoms with Crippen LogP contribution in [0, 0.1) is 4.77 Å². The number of ether oxygens (including phenoxy) is 1. The maximum Gasteiger partial charge on any atom is 0.267 e. The van der Waals surface area contributed by atoms with Gasteiger partial charge < -0.3 is 9.72 Å². The number of rotatable bonds is 2. The molecular formula is C19H20N2O2S2. The van der Waals surface area contributed by atoms with Gasteiger partial charge >= 0.3 is 0 Å². The second-order valence-corrected chi connectivity index (χ2v) is 7.89. The number of fused-ring (bicyclic) bond motifs is 3. The molecule has 2 aromatic heterocycles. The van der Waals surface area contributed by atoms with Crippen molar-refractivity contribution in [3.8, 4) is 11.4 Å². The molecule has 0 fully saturated rings. The van der Waals surface area contributed by atoms with Crippen molar-refractivity contribution < 1.29 is 4.74 Å². The number of methoxy groups -OCH3 is 1. The monoisotopic (exact) mass is 372 g/mol. The fourth-order valence-corrected chi connectivity index (χ4v) is 5.21. The van der Waals surface area contributed by atoms with Crippen LogP contribution in [0.1, 0.15) is 36.1 Å². The quantitative estimate of drug-likeness (QED) is 0.659. The predicted molar refractivity (Wildman–Crippen MR) is 105 cm³/mol. The van der Waals surface area contributed by atoms with Gasteiger partial charge in [-0.15, -0.1) is 11.3 Å². The van der Waals surface area contributed by atoms with E-state index in [2.05, 4.69) is 4.98 Å². The van der Waals surface area contributed by atoms with E-state index in [9.17, 15) is 4.79 Å². The number of hydrogen-bond donors (Lipinski definition) is 1. The summed E-state index contributed by atoms with van der Waals surface area (Å²) in [4.78, 5) is 18.9. The van der Waals surface area contributed by atoms with Crippen molar-refractivity contribution >= 4 is 33.8 Å². The normalized spacial score (nSPS) is 14.8. The summed E-state index contributed by atoms with van der Waals surface area (Å²) in [5.41, 5.74) is 1.94. The van der Waals surface area contributed by atoms with Gasteiger partial charge in [-0.25, -0.2) is 0 Å². The van der Waals surface area contributed by atoms with E-state index < -0.39 is 0 Å². The maximum atomic E-state index is 13.3. The molecule has 2 heterocycles. The van der Waals surface area contributed by atoms with E-state index in [0.717, 1.165) is 35.2 Å². The smallest absolute Gasteiger partial charge is 0.267 e. The molecular weight excluding hydrogens is 352 g/mol. The average Bonchev–Trinajstić information content (AvgIpc) is 2.91. The van der Waals surface area contributed by atoms with Crippen molar-refractivity contribution in [1.29, 1.82) is 0 Å². The summed E-state index contributed by atoms with van der Waals surface area (Å²) < 4.78 is 7.31. The highest BCUT2D eigenvalue weighted by Gasteiger charge is 2.19. The van der Waals surface area contributed by atoms with Gasteiger partial charge in [0.2, 0.25) is 0 Å². The Hall–Kier alpha value is -1.92. The number of aromatic nitrogens is 2. The van der Waals surface area contributed by atoms with Crippen molar-refractivity contribution in [2.75, 3.05) is 7.11 Å². The first-order valence-corrected chi connectivity index (χ1v) is 9.85. The Labute approximate surface area is 155 Å². The van der Waals surface area contributed by atoms with Crippen molar-refractivity contribution in [3.05, 3.63) is 49.8 Å². The molecule has 1 aliphatic rings. The number of hydrogen-bond acceptors (Lipinski definition) is 4. The van der Waals surface area contributed by atoms with Crippen LogP contribution in [0.4, 0.5) is 0 Å². The van der Waals surface area contributed by atoms with Gasteiger partial charge in [-0.3, -0.25) is 9.36 Å². The van der Waals surface area contributed by atoms with Crippen LogP contribution in [0.25, 0.3) is 15.9 Å². The highest BCUT2D eigenvalue weighted by molar-refractivity contribution is 7.71. The van der Waals surface area contributed by atoms with Crippen molar-refractivity contribution in [3.63, 3.8) is 0 Å². The van der Waals surface area contributed by atoms with Crippen molar-refractivity contribution in [1.82, 2.24) is 9.55 Å². The lowest BCUT2D eigenvalue weighted by Crippen LogP contribution is -2.20. The molecule has 0 saturated carbocycles. The molecule has 0 spiro atoms. The summed E-state index contributed by atoms with van der Waals surface area (Å²) in [5.74, 6) is 0.708. The van der Waals surface area contributed by atoms with Gasteiger partial charge in [0, 0.05) is 10.9 Å². The Morgan fingerprint density at radius 2 is 2.00 bits per heavy atom. The SMILES string of the molecule is COc1cccc(-n2c(=S)[nH]c3sc4c(c3c2=O)CCCCCC4)c1. The van der Waals surface area contributed by atoms with Crippen LogP contribution in [0.2, 0.25) is 0 Å². The standard InChI is InChI=1S/C19H20N2O2S2/c1-23-13-8-6-7-12(11-13)21-18(22)16-14-9-4-2-3-5-10-15(14)25-17(16)20-19(21)24/h6-8,11H,2-5,9-10H2,1H3,(H,20,24). The largest absolute Gasteiger partial charge is 0.497 e. The van der Waals surface area contributed by atoms with Crippen LogP contribution in [0.3, 0.4) is 0 Å². The van der Waals surface area contributed by atoms with Gasteiger partial charge in [0.25, 0.3) is 5.56 Å². The summed E-state index contributed by atoms with van der Waals surface area (Å²) >= 11 is 7.20. The Kier molecular flexibility index (Phi) is 4.48. The third kappa shape index (κ3) is 2.93. The van der Waals surface area contributed by atoms with Crippen LogP contribution in [-0.2, 0) is 12.8 Å². The van der Waals surface area contributed by atoms with E-state index >= 15 is 0 Å². The molecule has 0 unspecified atom stereocenters. The number of H-pyrrole nitrogens is 1. The lowest BCUT2D eigenvalue weighted by Gasteiger charge is -2.10. The van der Waals surface area contributed by atoms with Gasteiger partial charge in [0.15, 0.2) is 4.77 Å². The minimum absolute atomic E-state index is 0.0231. The maximum absolute atomic E-state index is 13.3. The molecule has 1 aromatic carbocycles. The molecule has 25 heavy (non-hydrogen) atoms. The van der Waals surface area contributed by atoms with E-state index in [1.807, 2.05) is 24.3 Å². The minimum Gasteiger partial charge on any atom is -0.497 e. The lowest BCUT2D eigenvalue weighted by atomic mass is 9.98. The molecule has 0 amide bonds. The minimum atomic E-state index is -0.0231. The third-order valence-corrected chi connectivity index (χ3v) is 6.32. The second-order valence-electron chi connectivity index (χ2n) is 6.39. The van der Waals surface area contributed by atoms with E-state index in [1.54, 1.807) is 23.0 Å². The van der Waals surface area contributed by atoms with Gasteiger partial charge in [-0.2, -0.15) is 0 Å². The molecule has 1 N–H and O–H groups in total. The van der Waals surface area contributed by atoms with E-state index in [1.165, 1.54) is 29.7 Å². The highest BCUT2D eigenvalue weighted by atomic mass is 32.1. The molecule has 3 aromatic rings. The molecule has 0 bridgehead atoms. The van der Waals surface area contributed by atoms with E-state index in [-0.39, 0.29) is 5.56 Å². The first-order valence-electron chi connectivity index (χ1n) is 8.63. The Balaban J connectivity index is 1.98. The Morgan fingerprint density at radius 1 is 1.20 bits per heavy atom. The lowest BCUT2D eigenvalue weighted by molar-refractivity contribution is 0.414. The van der Waals surface area contributed by atoms with E-state index in [0.29, 0.717) is 10.5 Å². The molecule has 4 nitrogen and oxygen atoms in total. The first kappa shape index (κ1) is 16.5. The fourth-order valence-electron chi connectivity index (χ4n) is 3.57. The number of aromatic amines is 1. The zero-order valence-electron chi connectivity index (χ0n) is 14.1. The van der Waals surface area contributed by atoms with Crippen LogP contribution in [0.15, 0.2) is 29.1 Å². The molecule has 130 valence electrons. The van der Waals surface area contributed by atoms with Crippen LogP contribution >= 0.6 is 23.6 Å². The number of nitrogens with one attached hydrogen (secondary N) is 1. The van der Waals surface area contributed by atoms with Crippen LogP contribution in [0.5, 0.6) is 5.75 Å². The number of thiophene rings is 1. The number of aryl methyl sites for hydroxylation is 2. The molecule has 1 aliphatic carbocycles. The zero-order valence-corrected chi connectivity index (χ0v) is 15.8. The number of benzene rings is 1. The highest BCUT2D eigenvalue weighted by Crippen LogP contribution is 2.32. The molecule has 4 rings (SSSR count). The summed E-state index contributed by atoms with van der Waals surface area (Å²) in [5, 5.41) is 0.818. The van der Waals surface area contributed by atoms with Crippen LogP contribution < -0.4 is 10.3 Å². The van der Waals surface area contributed by atoms with Crippen molar-refractivity contribution in [2.24, 2.45) is 0 Å². The van der Waals surface area contributed by atoms with Gasteiger partial charge in [-0.05, 0) is 55.6 Å². The zero-order chi connectivity index (χ0) is 17.4. The Morgan fingerprint density at radius 3 is 2.80 bits per heavy atom. The van der Waals surface area contributed by atoms with Gasteiger partial charge in [0.1, 0.15) is 10.6 Å². The summed E-state index contributed by atoms with van der Waals surface area (Å²) in [6.07, 6.45) is 6.90. The summed E-state index contributed by atoms with van der Waals surface area (Å²) in [7, 11) is 1.62. The first-order chi connectivity index (χ1) is 12.2. The topological polar surface area (TPSA) is 47.0 Å². The van der Waals surface area contributed by atoms with Gasteiger partial charge in [0.05, 0.1) is 18.2 Å². The molecule has 0 atom stereocenters. The average molecular weight is 373 g/mol. The predicted octanol–water partition coefficient (Wildman–Crippen LogP) is 4.78.